The molecular formula is C27H32FN3O8S. The number of hydrogen-bond acceptors (Lipinski definition) is 7. The number of sulfonamides is 1. The van der Waals surface area contributed by atoms with Gasteiger partial charge >= 0.3 is 6.09 Å². The third kappa shape index (κ3) is 6.20. The summed E-state index contributed by atoms with van der Waals surface area (Å²) in [6.45, 7) is 6.88. The molecule has 4 N–H and O–H groups in total. The summed E-state index contributed by atoms with van der Waals surface area (Å²) >= 11 is 0. The van der Waals surface area contributed by atoms with Crippen LogP contribution in [0.5, 0.6) is 5.75 Å². The van der Waals surface area contributed by atoms with Crippen molar-refractivity contribution in [1.82, 2.24) is 4.90 Å². The predicted molar refractivity (Wildman–Crippen MR) is 146 cm³/mol. The standard InChI is InChI=1S/C27H32FN3O8S/c1-16-7-11-22(39-16)19-10-9-18(14-20(19)28)40(36,37)30-21-13-17(8-12-23(21)38-6)29-24(33)27(5,15-32)31(25(34)35)26(2,3)4/h7-14,30,32H,15H2,1-6H3,(H,29,33)(H,34,35). The molecule has 1 heterocycles. The number of aryl methyl sites for hydroxylation is 1. The number of ether oxygens (including phenoxy) is 1. The number of nitrogens with one attached hydrogen (secondary N) is 2. The lowest BCUT2D eigenvalue weighted by molar-refractivity contribution is -0.132. The molecule has 0 saturated heterocycles. The molecule has 0 aliphatic rings. The lowest BCUT2D eigenvalue weighted by Crippen LogP contribution is -2.65. The van der Waals surface area contributed by atoms with E-state index in [2.05, 4.69) is 10.0 Å². The van der Waals surface area contributed by atoms with E-state index in [4.69, 9.17) is 9.15 Å². The summed E-state index contributed by atoms with van der Waals surface area (Å²) in [5.74, 6) is -0.746. The van der Waals surface area contributed by atoms with Gasteiger partial charge in [0.1, 0.15) is 28.6 Å². The first-order valence-electron chi connectivity index (χ1n) is 12.1. The number of nitrogens with zero attached hydrogens (tertiary/aromatic N) is 1. The van der Waals surface area contributed by atoms with E-state index in [1.165, 1.54) is 44.4 Å². The van der Waals surface area contributed by atoms with Crippen molar-refractivity contribution in [3.63, 3.8) is 0 Å². The minimum absolute atomic E-state index is 0.0805. The Morgan fingerprint density at radius 1 is 1.07 bits per heavy atom. The molecule has 13 heteroatoms. The number of anilines is 2. The smallest absolute Gasteiger partial charge is 0.408 e. The summed E-state index contributed by atoms with van der Waals surface area (Å²) in [7, 11) is -3.02. The number of hydrogen-bond donors (Lipinski definition) is 4. The lowest BCUT2D eigenvalue weighted by atomic mass is 9.93. The minimum Gasteiger partial charge on any atom is -0.495 e. The number of benzene rings is 2. The van der Waals surface area contributed by atoms with E-state index in [9.17, 15) is 32.6 Å². The first-order valence-corrected chi connectivity index (χ1v) is 13.5. The molecule has 0 aliphatic carbocycles. The van der Waals surface area contributed by atoms with E-state index in [-0.39, 0.29) is 33.3 Å². The second-order valence-corrected chi connectivity index (χ2v) is 11.9. The highest BCUT2D eigenvalue weighted by Crippen LogP contribution is 2.33. The van der Waals surface area contributed by atoms with Gasteiger partial charge in [0.15, 0.2) is 0 Å². The highest BCUT2D eigenvalue weighted by molar-refractivity contribution is 7.92. The first kappa shape index (κ1) is 30.4. The lowest BCUT2D eigenvalue weighted by Gasteiger charge is -2.44. The highest BCUT2D eigenvalue weighted by Gasteiger charge is 2.47. The fourth-order valence-corrected chi connectivity index (χ4v) is 5.33. The second-order valence-electron chi connectivity index (χ2n) is 10.2. The Hall–Kier alpha value is -4.10. The molecule has 0 radical (unpaired) electrons. The summed E-state index contributed by atoms with van der Waals surface area (Å²) in [6, 6.07) is 10.6. The van der Waals surface area contributed by atoms with Crippen molar-refractivity contribution < 1.29 is 41.8 Å². The van der Waals surface area contributed by atoms with Gasteiger partial charge in [-0.1, -0.05) is 0 Å². The van der Waals surface area contributed by atoms with Crippen LogP contribution < -0.4 is 14.8 Å². The molecule has 0 saturated carbocycles. The van der Waals surface area contributed by atoms with Crippen LogP contribution in [-0.2, 0) is 14.8 Å². The highest BCUT2D eigenvalue weighted by atomic mass is 32.2. The predicted octanol–water partition coefficient (Wildman–Crippen LogP) is 4.67. The number of halogens is 1. The third-order valence-corrected chi connectivity index (χ3v) is 7.47. The monoisotopic (exact) mass is 577 g/mol. The van der Waals surface area contributed by atoms with E-state index in [0.717, 1.165) is 11.0 Å². The zero-order valence-electron chi connectivity index (χ0n) is 22.9. The van der Waals surface area contributed by atoms with E-state index < -0.39 is 45.5 Å². The number of carbonyl (C=O) groups is 2. The topological polar surface area (TPSA) is 158 Å². The number of rotatable bonds is 9. The molecule has 11 nitrogen and oxygen atoms in total. The van der Waals surface area contributed by atoms with Gasteiger partial charge in [-0.2, -0.15) is 0 Å². The maximum absolute atomic E-state index is 14.8. The Bertz CT molecular complexity index is 1530. The number of furan rings is 1. The van der Waals surface area contributed by atoms with Gasteiger partial charge in [-0.05, 0) is 83.1 Å². The number of amides is 2. The van der Waals surface area contributed by atoms with E-state index in [0.29, 0.717) is 5.76 Å². The van der Waals surface area contributed by atoms with Crippen molar-refractivity contribution in [2.75, 3.05) is 23.8 Å². The average molecular weight is 578 g/mol. The number of aliphatic hydroxyl groups excluding tert-OH is 1. The Morgan fingerprint density at radius 3 is 2.25 bits per heavy atom. The second kappa shape index (κ2) is 11.2. The number of carbonyl (C=O) groups excluding carboxylic acids is 1. The van der Waals surface area contributed by atoms with Crippen LogP contribution in [0.25, 0.3) is 11.3 Å². The van der Waals surface area contributed by atoms with Crippen molar-refractivity contribution in [3.8, 4) is 17.1 Å². The summed E-state index contributed by atoms with van der Waals surface area (Å²) < 4.78 is 54.1. The van der Waals surface area contributed by atoms with Gasteiger partial charge in [0, 0.05) is 11.2 Å². The van der Waals surface area contributed by atoms with Crippen molar-refractivity contribution >= 4 is 33.4 Å². The van der Waals surface area contributed by atoms with E-state index in [1.54, 1.807) is 39.8 Å². The normalized spacial score (nSPS) is 13.3. The number of methoxy groups -OCH3 is 1. The summed E-state index contributed by atoms with van der Waals surface area (Å²) in [5.41, 5.74) is -2.83. The zero-order valence-corrected chi connectivity index (χ0v) is 23.7. The molecular weight excluding hydrogens is 545 g/mol. The summed E-state index contributed by atoms with van der Waals surface area (Å²) in [4.78, 5) is 25.7. The van der Waals surface area contributed by atoms with Crippen LogP contribution in [0.3, 0.4) is 0 Å². The third-order valence-electron chi connectivity index (χ3n) is 6.11. The maximum Gasteiger partial charge on any atom is 0.408 e. The number of aliphatic hydroxyl groups is 1. The van der Waals surface area contributed by atoms with Gasteiger partial charge in [-0.25, -0.2) is 17.6 Å². The molecule has 2 aromatic carbocycles. The average Bonchev–Trinajstić information content (AvgIpc) is 3.28. The fourth-order valence-electron chi connectivity index (χ4n) is 4.26. The van der Waals surface area contributed by atoms with Crippen LogP contribution in [0, 0.1) is 12.7 Å². The quantitative estimate of drug-likeness (QED) is 0.286. The van der Waals surface area contributed by atoms with Gasteiger partial charge in [0.2, 0.25) is 0 Å². The largest absolute Gasteiger partial charge is 0.495 e. The van der Waals surface area contributed by atoms with Gasteiger partial charge in [-0.15, -0.1) is 0 Å². The van der Waals surface area contributed by atoms with Crippen molar-refractivity contribution in [1.29, 1.82) is 0 Å². The molecule has 3 aromatic rings. The van der Waals surface area contributed by atoms with Crippen molar-refractivity contribution in [2.45, 2.75) is 50.6 Å². The first-order chi connectivity index (χ1) is 18.5. The molecule has 40 heavy (non-hydrogen) atoms. The molecule has 0 bridgehead atoms. The molecule has 1 aromatic heterocycles. The minimum atomic E-state index is -4.32. The molecule has 1 atom stereocenters. The molecule has 0 fully saturated rings. The maximum atomic E-state index is 14.8. The van der Waals surface area contributed by atoms with Gasteiger partial charge < -0.3 is 24.7 Å². The van der Waals surface area contributed by atoms with E-state index >= 15 is 0 Å². The summed E-state index contributed by atoms with van der Waals surface area (Å²) in [6.07, 6.45) is -1.41. The Kier molecular flexibility index (Phi) is 8.51. The van der Waals surface area contributed by atoms with Crippen LogP contribution in [0.2, 0.25) is 0 Å². The van der Waals surface area contributed by atoms with Crippen LogP contribution in [0.1, 0.15) is 33.5 Å². The Balaban J connectivity index is 1.92. The summed E-state index contributed by atoms with van der Waals surface area (Å²) in [5, 5.41) is 22.3. The molecule has 216 valence electrons. The van der Waals surface area contributed by atoms with Crippen LogP contribution in [0.15, 0.2) is 57.8 Å². The Labute approximate surface area is 231 Å². The molecule has 0 spiro atoms. The van der Waals surface area contributed by atoms with Crippen molar-refractivity contribution in [3.05, 3.63) is 60.1 Å². The van der Waals surface area contributed by atoms with Crippen LogP contribution >= 0.6 is 0 Å². The molecule has 0 aliphatic heterocycles. The SMILES string of the molecule is COc1ccc(NC(=O)C(C)(CO)N(C(=O)O)C(C)(C)C)cc1NS(=O)(=O)c1ccc(-c2ccc(C)o2)c(F)c1. The number of carboxylic acid groups (broad SMARTS) is 1. The van der Waals surface area contributed by atoms with Crippen molar-refractivity contribution in [2.24, 2.45) is 0 Å². The van der Waals surface area contributed by atoms with Gasteiger partial charge in [-0.3, -0.25) is 14.4 Å². The molecule has 1 unspecified atom stereocenters. The van der Waals surface area contributed by atoms with Crippen LogP contribution in [-0.4, -0.2) is 60.3 Å². The zero-order chi connectivity index (χ0) is 30.0. The molecule has 3 rings (SSSR count). The van der Waals surface area contributed by atoms with E-state index in [1.807, 2.05) is 0 Å². The van der Waals surface area contributed by atoms with Crippen LogP contribution in [0.4, 0.5) is 20.6 Å². The fraction of sp³-hybridized carbons (Fsp3) is 0.333. The Morgan fingerprint density at radius 2 is 1.75 bits per heavy atom. The van der Waals surface area contributed by atoms with Gasteiger partial charge in [0.05, 0.1) is 29.9 Å². The van der Waals surface area contributed by atoms with Gasteiger partial charge in [0.25, 0.3) is 15.9 Å². The molecule has 2 amide bonds.